The van der Waals surface area contributed by atoms with Crippen LogP contribution in [0.1, 0.15) is 32.6 Å². The molecule has 1 amide bonds. The zero-order chi connectivity index (χ0) is 10.9. The van der Waals surface area contributed by atoms with Gasteiger partial charge in [-0.05, 0) is 49.9 Å². The van der Waals surface area contributed by atoms with Crippen LogP contribution in [0.2, 0.25) is 0 Å². The average molecular weight is 192 g/mol. The number of aryl methyl sites for hydroxylation is 2. The van der Waals surface area contributed by atoms with Gasteiger partial charge in [0.05, 0.1) is 0 Å². The Hall–Kier alpha value is -1.35. The minimum absolute atomic E-state index is 0.219. The van der Waals surface area contributed by atoms with Crippen molar-refractivity contribution in [3.05, 3.63) is 33.9 Å². The third kappa shape index (κ3) is 1.63. The fraction of sp³-hybridized carbons (Fsp3) is 0.364. The topological polar surface area (TPSA) is 55.1 Å². The molecule has 0 aliphatic heterocycles. The van der Waals surface area contributed by atoms with E-state index >= 15 is 0 Å². The summed E-state index contributed by atoms with van der Waals surface area (Å²) >= 11 is 0. The predicted molar refractivity (Wildman–Crippen MR) is 57.0 cm³/mol. The summed E-state index contributed by atoms with van der Waals surface area (Å²) in [5.74, 6) is 4.91. The number of hydrogen-bond acceptors (Lipinski definition) is 2. The summed E-state index contributed by atoms with van der Waals surface area (Å²) in [6.07, 6.45) is 0. The standard InChI is InChI=1S/C11H16N2O/c1-6-5-7(2)10(11(14)13-12)9(4)8(6)3/h5H,12H2,1-4H3,(H,13,14). The van der Waals surface area contributed by atoms with Crippen molar-refractivity contribution in [2.24, 2.45) is 5.84 Å². The van der Waals surface area contributed by atoms with Crippen molar-refractivity contribution >= 4 is 5.91 Å². The highest BCUT2D eigenvalue weighted by atomic mass is 16.2. The third-order valence-electron chi connectivity index (χ3n) is 2.71. The number of nitrogens with one attached hydrogen (secondary N) is 1. The Morgan fingerprint density at radius 1 is 1.14 bits per heavy atom. The van der Waals surface area contributed by atoms with Gasteiger partial charge < -0.3 is 0 Å². The molecule has 0 bridgehead atoms. The average Bonchev–Trinajstić information content (AvgIpc) is 2.14. The molecule has 1 aromatic carbocycles. The summed E-state index contributed by atoms with van der Waals surface area (Å²) in [5, 5.41) is 0. The lowest BCUT2D eigenvalue weighted by atomic mass is 9.94. The number of amides is 1. The Bertz CT molecular complexity index is 383. The molecule has 0 aliphatic rings. The van der Waals surface area contributed by atoms with E-state index in [9.17, 15) is 4.79 Å². The maximum absolute atomic E-state index is 11.5. The van der Waals surface area contributed by atoms with E-state index in [4.69, 9.17) is 5.84 Å². The van der Waals surface area contributed by atoms with Crippen molar-refractivity contribution in [2.45, 2.75) is 27.7 Å². The van der Waals surface area contributed by atoms with Gasteiger partial charge in [0.1, 0.15) is 0 Å². The summed E-state index contributed by atoms with van der Waals surface area (Å²) < 4.78 is 0. The van der Waals surface area contributed by atoms with Gasteiger partial charge in [-0.25, -0.2) is 5.84 Å². The lowest BCUT2D eigenvalue weighted by Crippen LogP contribution is -2.31. The minimum atomic E-state index is -0.219. The van der Waals surface area contributed by atoms with Crippen molar-refractivity contribution in [1.82, 2.24) is 5.43 Å². The minimum Gasteiger partial charge on any atom is -0.290 e. The number of rotatable bonds is 1. The van der Waals surface area contributed by atoms with Crippen molar-refractivity contribution < 1.29 is 4.79 Å². The lowest BCUT2D eigenvalue weighted by molar-refractivity contribution is 0.0952. The van der Waals surface area contributed by atoms with Gasteiger partial charge in [-0.2, -0.15) is 0 Å². The first-order chi connectivity index (χ1) is 6.49. The van der Waals surface area contributed by atoms with E-state index in [0.29, 0.717) is 5.56 Å². The molecular weight excluding hydrogens is 176 g/mol. The first-order valence-corrected chi connectivity index (χ1v) is 4.57. The summed E-state index contributed by atoms with van der Waals surface area (Å²) in [5.41, 5.74) is 7.18. The number of nitrogens with two attached hydrogens (primary N) is 1. The quantitative estimate of drug-likeness (QED) is 0.402. The maximum atomic E-state index is 11.5. The van der Waals surface area contributed by atoms with Gasteiger partial charge in [-0.1, -0.05) is 6.07 Å². The number of hydrogen-bond donors (Lipinski definition) is 2. The second-order valence-corrected chi connectivity index (χ2v) is 3.61. The van der Waals surface area contributed by atoms with Crippen LogP contribution in [0.3, 0.4) is 0 Å². The van der Waals surface area contributed by atoms with Crippen LogP contribution in [0, 0.1) is 27.7 Å². The molecule has 0 spiro atoms. The zero-order valence-corrected chi connectivity index (χ0v) is 9.06. The maximum Gasteiger partial charge on any atom is 0.265 e. The number of carbonyl (C=O) groups excluding carboxylic acids is 1. The SMILES string of the molecule is Cc1cc(C)c(C(=O)NN)c(C)c1C. The number of nitrogen functional groups attached to an aromatic ring is 1. The molecule has 0 unspecified atom stereocenters. The van der Waals surface area contributed by atoms with Crippen molar-refractivity contribution in [1.29, 1.82) is 0 Å². The monoisotopic (exact) mass is 192 g/mol. The molecule has 3 nitrogen and oxygen atoms in total. The molecule has 1 rings (SSSR count). The molecule has 0 radical (unpaired) electrons. The van der Waals surface area contributed by atoms with Crippen LogP contribution in [0.25, 0.3) is 0 Å². The fourth-order valence-electron chi connectivity index (χ4n) is 1.71. The van der Waals surface area contributed by atoms with E-state index in [1.54, 1.807) is 0 Å². The van der Waals surface area contributed by atoms with Gasteiger partial charge in [-0.15, -0.1) is 0 Å². The molecule has 3 N–H and O–H groups in total. The van der Waals surface area contributed by atoms with Crippen molar-refractivity contribution in [3.63, 3.8) is 0 Å². The highest BCUT2D eigenvalue weighted by Gasteiger charge is 2.13. The molecule has 0 heterocycles. The van der Waals surface area contributed by atoms with Gasteiger partial charge in [-0.3, -0.25) is 10.2 Å². The Morgan fingerprint density at radius 2 is 1.71 bits per heavy atom. The summed E-state index contributed by atoms with van der Waals surface area (Å²) in [6, 6.07) is 2.01. The lowest BCUT2D eigenvalue weighted by Gasteiger charge is -2.13. The van der Waals surface area contributed by atoms with Crippen LogP contribution >= 0.6 is 0 Å². The molecule has 0 fully saturated rings. The Morgan fingerprint density at radius 3 is 2.21 bits per heavy atom. The smallest absolute Gasteiger partial charge is 0.265 e. The summed E-state index contributed by atoms with van der Waals surface area (Å²) in [4.78, 5) is 11.5. The van der Waals surface area contributed by atoms with E-state index < -0.39 is 0 Å². The second kappa shape index (κ2) is 3.80. The van der Waals surface area contributed by atoms with Gasteiger partial charge in [0.25, 0.3) is 5.91 Å². The molecule has 0 aromatic heterocycles. The zero-order valence-electron chi connectivity index (χ0n) is 9.06. The van der Waals surface area contributed by atoms with Crippen LogP contribution < -0.4 is 11.3 Å². The fourth-order valence-corrected chi connectivity index (χ4v) is 1.71. The third-order valence-corrected chi connectivity index (χ3v) is 2.71. The highest BCUT2D eigenvalue weighted by molar-refractivity contribution is 5.97. The molecule has 1 aromatic rings. The van der Waals surface area contributed by atoms with Gasteiger partial charge in [0.2, 0.25) is 0 Å². The number of hydrazine groups is 1. The van der Waals surface area contributed by atoms with E-state index in [2.05, 4.69) is 5.43 Å². The molecule has 14 heavy (non-hydrogen) atoms. The summed E-state index contributed by atoms with van der Waals surface area (Å²) in [7, 11) is 0. The van der Waals surface area contributed by atoms with Crippen molar-refractivity contribution in [2.75, 3.05) is 0 Å². The van der Waals surface area contributed by atoms with E-state index in [0.717, 1.165) is 16.7 Å². The highest BCUT2D eigenvalue weighted by Crippen LogP contribution is 2.20. The second-order valence-electron chi connectivity index (χ2n) is 3.61. The van der Waals surface area contributed by atoms with Gasteiger partial charge >= 0.3 is 0 Å². The van der Waals surface area contributed by atoms with Crippen LogP contribution in [0.4, 0.5) is 0 Å². The van der Waals surface area contributed by atoms with Crippen molar-refractivity contribution in [3.8, 4) is 0 Å². The first-order valence-electron chi connectivity index (χ1n) is 4.57. The molecule has 0 atom stereocenters. The molecule has 76 valence electrons. The van der Waals surface area contributed by atoms with E-state index in [-0.39, 0.29) is 5.91 Å². The molecule has 0 saturated carbocycles. The first kappa shape index (κ1) is 10.7. The molecular formula is C11H16N2O. The van der Waals surface area contributed by atoms with Crippen LogP contribution in [-0.4, -0.2) is 5.91 Å². The van der Waals surface area contributed by atoms with E-state index in [1.165, 1.54) is 5.56 Å². The summed E-state index contributed by atoms with van der Waals surface area (Å²) in [6.45, 7) is 7.92. The van der Waals surface area contributed by atoms with Gasteiger partial charge in [0, 0.05) is 5.56 Å². The van der Waals surface area contributed by atoms with Crippen LogP contribution in [0.15, 0.2) is 6.07 Å². The molecule has 0 saturated heterocycles. The number of carbonyl (C=O) groups is 1. The molecule has 3 heteroatoms. The Kier molecular flexibility index (Phi) is 2.91. The largest absolute Gasteiger partial charge is 0.290 e. The number of benzene rings is 1. The van der Waals surface area contributed by atoms with Gasteiger partial charge in [0.15, 0.2) is 0 Å². The van der Waals surface area contributed by atoms with E-state index in [1.807, 2.05) is 33.8 Å². The Balaban J connectivity index is 3.44. The normalized spacial score (nSPS) is 10.1. The van der Waals surface area contributed by atoms with Crippen LogP contribution in [-0.2, 0) is 0 Å². The molecule has 0 aliphatic carbocycles. The van der Waals surface area contributed by atoms with Crippen LogP contribution in [0.5, 0.6) is 0 Å². The Labute approximate surface area is 84.3 Å². The predicted octanol–water partition coefficient (Wildman–Crippen LogP) is 1.52.